The van der Waals surface area contributed by atoms with E-state index in [0.717, 1.165) is 6.42 Å². The summed E-state index contributed by atoms with van der Waals surface area (Å²) in [4.78, 5) is 16.4. The van der Waals surface area contributed by atoms with Crippen LogP contribution < -0.4 is 11.1 Å². The minimum Gasteiger partial charge on any atom is -0.364 e. The molecule has 136 valence electrons. The molecule has 0 radical (unpaired) electrons. The van der Waals surface area contributed by atoms with Gasteiger partial charge in [-0.05, 0) is 31.9 Å². The fourth-order valence-electron chi connectivity index (χ4n) is 2.60. The highest BCUT2D eigenvalue weighted by Crippen LogP contribution is 2.22. The third-order valence-electron chi connectivity index (χ3n) is 3.92. The zero-order valence-corrected chi connectivity index (χ0v) is 14.5. The van der Waals surface area contributed by atoms with E-state index in [9.17, 15) is 9.18 Å². The summed E-state index contributed by atoms with van der Waals surface area (Å²) in [6.45, 7) is 2.14. The lowest BCUT2D eigenvalue weighted by molar-refractivity contribution is -0.132. The van der Waals surface area contributed by atoms with E-state index < -0.39 is 12.1 Å². The minimum atomic E-state index is -0.508. The van der Waals surface area contributed by atoms with Crippen molar-refractivity contribution in [1.82, 2.24) is 15.5 Å². The molecule has 3 N–H and O–H groups in total. The van der Waals surface area contributed by atoms with Crippen LogP contribution in [0.15, 0.2) is 28.8 Å². The Hall–Kier alpha value is -2.03. The summed E-state index contributed by atoms with van der Waals surface area (Å²) in [5.74, 6) is -0.0982. The van der Waals surface area contributed by atoms with Crippen LogP contribution in [-0.2, 0) is 9.53 Å². The molecule has 1 unspecified atom stereocenters. The fourth-order valence-corrected chi connectivity index (χ4v) is 2.60. The highest BCUT2D eigenvalue weighted by Gasteiger charge is 2.31. The Morgan fingerprint density at radius 2 is 2.28 bits per heavy atom. The van der Waals surface area contributed by atoms with E-state index in [1.165, 1.54) is 12.1 Å². The lowest BCUT2D eigenvalue weighted by atomic mass is 10.2. The Morgan fingerprint density at radius 1 is 1.48 bits per heavy atom. The van der Waals surface area contributed by atoms with Gasteiger partial charge in [-0.2, -0.15) is 4.98 Å². The van der Waals surface area contributed by atoms with Gasteiger partial charge in [0, 0.05) is 12.1 Å². The first-order chi connectivity index (χ1) is 11.6. The molecule has 9 heteroatoms. The van der Waals surface area contributed by atoms with Crippen LogP contribution in [0.5, 0.6) is 0 Å². The van der Waals surface area contributed by atoms with E-state index in [2.05, 4.69) is 15.5 Å². The quantitative estimate of drug-likeness (QED) is 0.834. The van der Waals surface area contributed by atoms with Crippen molar-refractivity contribution < 1.29 is 18.4 Å². The average Bonchev–Trinajstić information content (AvgIpc) is 3.24. The average molecular weight is 371 g/mol. The van der Waals surface area contributed by atoms with Crippen LogP contribution in [0.25, 0.3) is 11.4 Å². The molecule has 1 fully saturated rings. The summed E-state index contributed by atoms with van der Waals surface area (Å²) in [5, 5.41) is 6.61. The summed E-state index contributed by atoms with van der Waals surface area (Å²) < 4.78 is 24.0. The Balaban J connectivity index is 0.00000225. The first-order valence-corrected chi connectivity index (χ1v) is 7.82. The normalized spacial score (nSPS) is 20.8. The second kappa shape index (κ2) is 8.37. The minimum absolute atomic E-state index is 0. The maximum absolute atomic E-state index is 13.3. The molecule has 1 saturated heterocycles. The van der Waals surface area contributed by atoms with E-state index in [-0.39, 0.29) is 42.0 Å². The van der Waals surface area contributed by atoms with Crippen LogP contribution in [0.4, 0.5) is 4.39 Å². The third-order valence-corrected chi connectivity index (χ3v) is 3.92. The molecule has 0 bridgehead atoms. The number of carbonyl (C=O) groups excluding carboxylic acids is 1. The molecule has 0 aliphatic carbocycles. The Morgan fingerprint density at radius 3 is 2.96 bits per heavy atom. The summed E-state index contributed by atoms with van der Waals surface area (Å²) in [6, 6.07) is 5.42. The van der Waals surface area contributed by atoms with Crippen molar-refractivity contribution in [3.8, 4) is 11.4 Å². The highest BCUT2D eigenvalue weighted by atomic mass is 35.5. The number of aromatic nitrogens is 2. The Kier molecular flexibility index (Phi) is 6.46. The molecule has 1 aromatic heterocycles. The zero-order chi connectivity index (χ0) is 17.1. The van der Waals surface area contributed by atoms with Crippen molar-refractivity contribution in [2.45, 2.75) is 38.0 Å². The molecule has 0 spiro atoms. The van der Waals surface area contributed by atoms with E-state index in [1.54, 1.807) is 19.1 Å². The van der Waals surface area contributed by atoms with Gasteiger partial charge in [-0.1, -0.05) is 17.3 Å². The van der Waals surface area contributed by atoms with E-state index in [1.807, 2.05) is 0 Å². The molecule has 25 heavy (non-hydrogen) atoms. The molecule has 3 rings (SSSR count). The third kappa shape index (κ3) is 4.53. The molecule has 3 atom stereocenters. The van der Waals surface area contributed by atoms with Crippen molar-refractivity contribution in [2.75, 3.05) is 6.54 Å². The number of rotatable bonds is 5. The molecular weight excluding hydrogens is 351 g/mol. The molecule has 1 aliphatic rings. The first kappa shape index (κ1) is 19.3. The SMILES string of the molecule is CC(NC(=O)[C@@H]1CC[C@H](CN)O1)c1nc(-c2cccc(F)c2)no1.Cl. The number of amides is 1. The van der Waals surface area contributed by atoms with E-state index >= 15 is 0 Å². The van der Waals surface area contributed by atoms with Gasteiger partial charge in [0.25, 0.3) is 0 Å². The van der Waals surface area contributed by atoms with Crippen LogP contribution in [-0.4, -0.2) is 34.8 Å². The predicted octanol–water partition coefficient (Wildman–Crippen LogP) is 1.98. The van der Waals surface area contributed by atoms with Crippen molar-refractivity contribution in [2.24, 2.45) is 5.73 Å². The van der Waals surface area contributed by atoms with Crippen LogP contribution in [0.3, 0.4) is 0 Å². The van der Waals surface area contributed by atoms with Crippen molar-refractivity contribution in [3.05, 3.63) is 36.0 Å². The molecule has 1 aliphatic heterocycles. The number of nitrogens with one attached hydrogen (secondary N) is 1. The fraction of sp³-hybridized carbons (Fsp3) is 0.438. The van der Waals surface area contributed by atoms with Gasteiger partial charge >= 0.3 is 0 Å². The van der Waals surface area contributed by atoms with Crippen LogP contribution in [0.2, 0.25) is 0 Å². The van der Waals surface area contributed by atoms with Gasteiger partial charge in [0.15, 0.2) is 0 Å². The molecule has 1 aromatic carbocycles. The van der Waals surface area contributed by atoms with Crippen LogP contribution in [0, 0.1) is 5.82 Å². The summed E-state index contributed by atoms with van der Waals surface area (Å²) in [6.07, 6.45) is 0.831. The predicted molar refractivity (Wildman–Crippen MR) is 90.4 cm³/mol. The van der Waals surface area contributed by atoms with Gasteiger partial charge in [-0.3, -0.25) is 4.79 Å². The van der Waals surface area contributed by atoms with E-state index in [4.69, 9.17) is 15.0 Å². The van der Waals surface area contributed by atoms with Gasteiger partial charge in [0.1, 0.15) is 18.0 Å². The van der Waals surface area contributed by atoms with Gasteiger partial charge in [0.05, 0.1) is 6.10 Å². The molecule has 7 nitrogen and oxygen atoms in total. The maximum atomic E-state index is 13.3. The standard InChI is InChI=1S/C16H19FN4O3.ClH/c1-9(19-15(22)13-6-5-12(8-18)23-13)16-20-14(21-24-16)10-3-2-4-11(17)7-10;/h2-4,7,9,12-13H,5-6,8,18H2,1H3,(H,19,22);1H/t9?,12-,13+;/m1./s1. The summed E-state index contributed by atoms with van der Waals surface area (Å²) >= 11 is 0. The van der Waals surface area contributed by atoms with Crippen molar-refractivity contribution in [3.63, 3.8) is 0 Å². The number of ether oxygens (including phenoxy) is 1. The van der Waals surface area contributed by atoms with Gasteiger partial charge in [0.2, 0.25) is 17.6 Å². The number of hydrogen-bond donors (Lipinski definition) is 2. The second-order valence-electron chi connectivity index (χ2n) is 5.76. The topological polar surface area (TPSA) is 103 Å². The first-order valence-electron chi connectivity index (χ1n) is 7.82. The maximum Gasteiger partial charge on any atom is 0.249 e. The number of benzene rings is 1. The number of nitrogens with zero attached hydrogens (tertiary/aromatic N) is 2. The Labute approximate surface area is 150 Å². The lowest BCUT2D eigenvalue weighted by Gasteiger charge is -2.15. The molecular formula is C16H20ClFN4O3. The van der Waals surface area contributed by atoms with Gasteiger partial charge in [-0.15, -0.1) is 12.4 Å². The van der Waals surface area contributed by atoms with Gasteiger partial charge < -0.3 is 20.3 Å². The van der Waals surface area contributed by atoms with E-state index in [0.29, 0.717) is 18.5 Å². The summed E-state index contributed by atoms with van der Waals surface area (Å²) in [5.41, 5.74) is 6.05. The lowest BCUT2D eigenvalue weighted by Crippen LogP contribution is -2.37. The number of nitrogens with two attached hydrogens (primary N) is 1. The zero-order valence-electron chi connectivity index (χ0n) is 13.6. The molecule has 1 amide bonds. The number of halogens is 2. The number of carbonyl (C=O) groups is 1. The molecule has 0 saturated carbocycles. The van der Waals surface area contributed by atoms with Crippen LogP contribution >= 0.6 is 12.4 Å². The Bertz CT molecular complexity index is 727. The smallest absolute Gasteiger partial charge is 0.249 e. The highest BCUT2D eigenvalue weighted by molar-refractivity contribution is 5.85. The molecule has 2 aromatic rings. The summed E-state index contributed by atoms with van der Waals surface area (Å²) in [7, 11) is 0. The second-order valence-corrected chi connectivity index (χ2v) is 5.76. The van der Waals surface area contributed by atoms with Gasteiger partial charge in [-0.25, -0.2) is 4.39 Å². The monoisotopic (exact) mass is 370 g/mol. The number of hydrogen-bond acceptors (Lipinski definition) is 6. The van der Waals surface area contributed by atoms with Crippen molar-refractivity contribution >= 4 is 18.3 Å². The van der Waals surface area contributed by atoms with Crippen molar-refractivity contribution in [1.29, 1.82) is 0 Å². The largest absolute Gasteiger partial charge is 0.364 e. The molecule has 2 heterocycles. The van der Waals surface area contributed by atoms with Crippen LogP contribution in [0.1, 0.15) is 31.7 Å².